The van der Waals surface area contributed by atoms with Crippen molar-refractivity contribution < 1.29 is 4.42 Å². The lowest BCUT2D eigenvalue weighted by molar-refractivity contribution is 0.331. The summed E-state index contributed by atoms with van der Waals surface area (Å²) in [7, 11) is 0. The number of benzene rings is 7. The number of rotatable bonds is 3. The number of nitrogens with zero attached hydrogens (tertiary/aromatic N) is 2. The van der Waals surface area contributed by atoms with E-state index in [2.05, 4.69) is 250 Å². The van der Waals surface area contributed by atoms with Gasteiger partial charge in [-0.2, -0.15) is 0 Å². The Balaban J connectivity index is 1.14. The zero-order valence-corrected chi connectivity index (χ0v) is 51.6. The molecule has 0 unspecified atom stereocenters. The van der Waals surface area contributed by atoms with Crippen LogP contribution in [0.1, 0.15) is 212 Å². The molecule has 0 N–H and O–H groups in total. The van der Waals surface area contributed by atoms with Crippen molar-refractivity contribution in [2.24, 2.45) is 0 Å². The molecule has 4 heteroatoms. The van der Waals surface area contributed by atoms with Crippen LogP contribution in [0.2, 0.25) is 0 Å². The van der Waals surface area contributed by atoms with E-state index in [-0.39, 0.29) is 50.2 Å². The summed E-state index contributed by atoms with van der Waals surface area (Å²) in [5.74, 6) is 0.922. The van der Waals surface area contributed by atoms with Crippen LogP contribution >= 0.6 is 0 Å². The van der Waals surface area contributed by atoms with Gasteiger partial charge in [0.15, 0.2) is 0 Å². The monoisotopic (exact) mass is 1050 g/mol. The second-order valence-corrected chi connectivity index (χ2v) is 31.4. The first-order chi connectivity index (χ1) is 37.4. The zero-order chi connectivity index (χ0) is 56.6. The topological polar surface area (TPSA) is 19.6 Å². The van der Waals surface area contributed by atoms with E-state index < -0.39 is 0 Å². The van der Waals surface area contributed by atoms with Crippen molar-refractivity contribution in [3.05, 3.63) is 171 Å². The summed E-state index contributed by atoms with van der Waals surface area (Å²) < 4.78 is 7.82. The van der Waals surface area contributed by atoms with E-state index in [1.165, 1.54) is 142 Å². The van der Waals surface area contributed by atoms with Crippen molar-refractivity contribution in [2.45, 2.75) is 206 Å². The van der Waals surface area contributed by atoms with Crippen LogP contribution in [-0.4, -0.2) is 6.85 Å². The minimum atomic E-state index is -0.289. The van der Waals surface area contributed by atoms with E-state index in [0.717, 1.165) is 36.4 Å². The summed E-state index contributed by atoms with van der Waals surface area (Å²) in [5, 5.41) is 1.22. The Bertz CT molecular complexity index is 3990. The predicted octanol–water partition coefficient (Wildman–Crippen LogP) is 19.8. The predicted molar refractivity (Wildman–Crippen MR) is 342 cm³/mol. The lowest BCUT2D eigenvalue weighted by atomic mass is 9.43. The molecule has 0 atom stereocenters. The van der Waals surface area contributed by atoms with Crippen LogP contribution in [0, 0.1) is 6.92 Å². The lowest BCUT2D eigenvalue weighted by Gasteiger charge is -2.47. The molecule has 1 aromatic heterocycles. The quantitative estimate of drug-likeness (QED) is 0.164. The standard InChI is InChI=1S/C76H85BN2O/c1-44-36-52-64-61(29-26-48-50-40-56-58(42-54(50)76(17,18)65(48)64)74(13,14)34-32-72(56,9)10)79(47-25-27-53-55(39-47)71(7,8)31-30-70(53,5)6)77-66(52)62(37-44)78(60-28-24-46(69(2,3)4)38-49(60)45-22-20-19-21-23-45)68-67(77)51-41-57-59(43-63(51)80-68)75(15,16)35-33-73(57,11)12/h19-29,36-43H,30-35H2,1-18H3. The summed E-state index contributed by atoms with van der Waals surface area (Å²) in [4.78, 5) is 5.39. The number of aryl methyl sites for hydroxylation is 1. The van der Waals surface area contributed by atoms with E-state index in [1.807, 2.05) is 0 Å². The molecule has 8 aromatic rings. The summed E-state index contributed by atoms with van der Waals surface area (Å²) in [5.41, 5.74) is 30.7. The Labute approximate surface area is 479 Å². The molecule has 7 aromatic carbocycles. The Kier molecular flexibility index (Phi) is 10.5. The first-order valence-electron chi connectivity index (χ1n) is 30.5. The summed E-state index contributed by atoms with van der Waals surface area (Å²) in [6, 6.07) is 46.5. The summed E-state index contributed by atoms with van der Waals surface area (Å²) >= 11 is 0. The van der Waals surface area contributed by atoms with E-state index in [0.29, 0.717) is 0 Å². The van der Waals surface area contributed by atoms with Crippen LogP contribution in [0.25, 0.3) is 44.3 Å². The molecule has 2 aliphatic heterocycles. The van der Waals surface area contributed by atoms with E-state index >= 15 is 0 Å². The second-order valence-electron chi connectivity index (χ2n) is 31.4. The molecule has 0 spiro atoms. The molecule has 0 bridgehead atoms. The first kappa shape index (κ1) is 51.9. The van der Waals surface area contributed by atoms with Gasteiger partial charge in [-0.1, -0.05) is 178 Å². The second kappa shape index (κ2) is 16.3. The lowest BCUT2D eigenvalue weighted by Crippen LogP contribution is -2.61. The van der Waals surface area contributed by atoms with E-state index in [4.69, 9.17) is 4.42 Å². The molecular formula is C76H85BN2O. The van der Waals surface area contributed by atoms with Crippen LogP contribution < -0.4 is 20.6 Å². The maximum Gasteiger partial charge on any atom is 0.337 e. The highest BCUT2D eigenvalue weighted by Gasteiger charge is 2.53. The molecular weight excluding hydrogens is 968 g/mol. The van der Waals surface area contributed by atoms with Gasteiger partial charge in [-0.3, -0.25) is 4.90 Å². The average molecular weight is 1050 g/mol. The highest BCUT2D eigenvalue weighted by molar-refractivity contribution is 6.95. The third-order valence-electron chi connectivity index (χ3n) is 21.8. The van der Waals surface area contributed by atoms with Gasteiger partial charge < -0.3 is 9.23 Å². The van der Waals surface area contributed by atoms with Gasteiger partial charge in [0.25, 0.3) is 0 Å². The number of anilines is 5. The molecule has 80 heavy (non-hydrogen) atoms. The minimum Gasteiger partial charge on any atom is -0.440 e. The number of fused-ring (bicyclic) bond motifs is 13. The Morgan fingerprint density at radius 3 is 1.64 bits per heavy atom. The van der Waals surface area contributed by atoms with Crippen molar-refractivity contribution in [3.8, 4) is 33.4 Å². The van der Waals surface area contributed by atoms with Crippen molar-refractivity contribution in [3.63, 3.8) is 0 Å². The highest BCUT2D eigenvalue weighted by Crippen LogP contribution is 2.61. The van der Waals surface area contributed by atoms with Crippen molar-refractivity contribution in [2.75, 3.05) is 9.71 Å². The van der Waals surface area contributed by atoms with Gasteiger partial charge in [0, 0.05) is 44.5 Å². The fraction of sp³-hybridized carbons (Fsp3) is 0.421. The summed E-state index contributed by atoms with van der Waals surface area (Å²) in [6.07, 6.45) is 7.00. The molecule has 0 saturated heterocycles. The van der Waals surface area contributed by atoms with Gasteiger partial charge in [-0.25, -0.2) is 0 Å². The third-order valence-corrected chi connectivity index (χ3v) is 21.8. The Hall–Kier alpha value is -6.26. The van der Waals surface area contributed by atoms with Gasteiger partial charge in [0.1, 0.15) is 5.58 Å². The van der Waals surface area contributed by atoms with Crippen molar-refractivity contribution in [1.29, 1.82) is 0 Å². The zero-order valence-electron chi connectivity index (χ0n) is 51.6. The molecule has 6 aliphatic rings. The van der Waals surface area contributed by atoms with E-state index in [9.17, 15) is 0 Å². The largest absolute Gasteiger partial charge is 0.440 e. The Morgan fingerprint density at radius 2 is 1.01 bits per heavy atom. The maximum absolute atomic E-state index is 7.82. The van der Waals surface area contributed by atoms with Gasteiger partial charge in [0.05, 0.1) is 5.69 Å². The highest BCUT2D eigenvalue weighted by atomic mass is 16.4. The van der Waals surface area contributed by atoms with Crippen LogP contribution in [0.4, 0.5) is 28.6 Å². The molecule has 3 heterocycles. The fourth-order valence-corrected chi connectivity index (χ4v) is 16.4. The molecule has 0 amide bonds. The van der Waals surface area contributed by atoms with Gasteiger partial charge in [-0.05, 0) is 221 Å². The van der Waals surface area contributed by atoms with Crippen LogP contribution in [-0.2, 0) is 43.3 Å². The SMILES string of the molecule is Cc1cc2c3c(c1)N(c1ccc(C(C)(C)C)cc1-c1ccccc1)c1oc4cc5c(cc4c1B3N(c1ccc3c(c1)C(C)(C)CCC3(C)C)c1ccc3c(c1-2)C(C)(C)c1cc2c(cc1-3)C(C)(C)CCC2(C)C)C(C)(C)CCC5(C)C. The average Bonchev–Trinajstić information content (AvgIpc) is 3.47. The molecule has 3 nitrogen and oxygen atoms in total. The van der Waals surface area contributed by atoms with Gasteiger partial charge >= 0.3 is 6.85 Å². The Morgan fingerprint density at radius 1 is 0.450 bits per heavy atom. The molecule has 0 fully saturated rings. The fourth-order valence-electron chi connectivity index (χ4n) is 16.4. The first-order valence-corrected chi connectivity index (χ1v) is 30.5. The molecule has 14 rings (SSSR count). The number of hydrogen-bond donors (Lipinski definition) is 0. The maximum atomic E-state index is 7.82. The van der Waals surface area contributed by atoms with Crippen molar-refractivity contribution in [1.82, 2.24) is 0 Å². The summed E-state index contributed by atoms with van der Waals surface area (Å²) in [6.45, 7) is 43.9. The van der Waals surface area contributed by atoms with Crippen LogP contribution in [0.3, 0.4) is 0 Å². The van der Waals surface area contributed by atoms with E-state index in [1.54, 1.807) is 0 Å². The molecule has 0 radical (unpaired) electrons. The molecule has 408 valence electrons. The van der Waals surface area contributed by atoms with Gasteiger partial charge in [0.2, 0.25) is 5.88 Å². The normalized spacial score (nSPS) is 20.4. The molecule has 4 aliphatic carbocycles. The van der Waals surface area contributed by atoms with Gasteiger partial charge in [-0.15, -0.1) is 0 Å². The van der Waals surface area contributed by atoms with Crippen LogP contribution in [0.5, 0.6) is 0 Å². The third kappa shape index (κ3) is 7.17. The van der Waals surface area contributed by atoms with Crippen LogP contribution in [0.15, 0.2) is 120 Å². The number of furan rings is 1. The number of hydrogen-bond acceptors (Lipinski definition) is 3. The molecule has 0 saturated carbocycles. The smallest absolute Gasteiger partial charge is 0.337 e. The van der Waals surface area contributed by atoms with Crippen molar-refractivity contribution >= 4 is 57.4 Å². The minimum absolute atomic E-state index is 0.00150.